The Labute approximate surface area is 254 Å². The van der Waals surface area contributed by atoms with E-state index >= 15 is 0 Å². The first kappa shape index (κ1) is 30.3. The fourth-order valence-electron chi connectivity index (χ4n) is 9.14. The molecular weight excluding hydrogens is 542 g/mol. The molecule has 4 fully saturated rings. The molecule has 7 atom stereocenters. The average Bonchev–Trinajstić information content (AvgIpc) is 2.99. The number of rotatable bonds is 11. The topological polar surface area (TPSA) is 123 Å². The van der Waals surface area contributed by atoms with E-state index in [2.05, 4.69) is 17.0 Å². The van der Waals surface area contributed by atoms with Crippen molar-refractivity contribution in [1.29, 1.82) is 0 Å². The second-order valence-electron chi connectivity index (χ2n) is 13.7. The van der Waals surface area contributed by atoms with Gasteiger partial charge in [-0.15, -0.1) is 0 Å². The highest BCUT2D eigenvalue weighted by molar-refractivity contribution is 6.00. The summed E-state index contributed by atoms with van der Waals surface area (Å²) in [7, 11) is 0. The third-order valence-electron chi connectivity index (χ3n) is 10.8. The standard InChI is InChI=1S/C34H49N5O4/c1-2-22-15-23-17-24(16-22)19-27(18-23)38-25-7-5-8-26(38)21-28(20-25)39-31-10-4-3-9-29(31)36-33(34(39)42)30(11-12-32(40)41)37-43-14-6-13-35/h3-4,9-10,22-28H,2,5-8,11-21,35H2,1H3,(H,40,41)/b37-30+/t22-,23-,24?,25+,26?,27+,28?/m0/s1. The molecule has 2 saturated carbocycles. The molecule has 3 heterocycles. The molecule has 3 N–H and O–H groups in total. The first-order valence-corrected chi connectivity index (χ1v) is 16.8. The largest absolute Gasteiger partial charge is 0.481 e. The van der Waals surface area contributed by atoms with E-state index in [1.165, 1.54) is 57.8 Å². The van der Waals surface area contributed by atoms with E-state index < -0.39 is 5.97 Å². The number of piperidine rings is 2. The van der Waals surface area contributed by atoms with E-state index in [4.69, 9.17) is 15.6 Å². The number of nitrogens with two attached hydrogens (primary N) is 1. The maximum Gasteiger partial charge on any atom is 0.303 e. The van der Waals surface area contributed by atoms with Crippen LogP contribution in [0.1, 0.15) is 109 Å². The number of aliphatic carboxylic acids is 1. The molecule has 4 bridgehead atoms. The third-order valence-corrected chi connectivity index (χ3v) is 10.8. The van der Waals surface area contributed by atoms with E-state index in [-0.39, 0.29) is 30.1 Å². The zero-order valence-electron chi connectivity index (χ0n) is 25.7. The minimum absolute atomic E-state index is 0.0668. The van der Waals surface area contributed by atoms with Crippen LogP contribution in [0.3, 0.4) is 0 Å². The smallest absolute Gasteiger partial charge is 0.303 e. The van der Waals surface area contributed by atoms with Crippen molar-refractivity contribution < 1.29 is 14.7 Å². The van der Waals surface area contributed by atoms with E-state index in [1.54, 1.807) is 0 Å². The molecule has 0 amide bonds. The quantitative estimate of drug-likeness (QED) is 0.201. The van der Waals surface area contributed by atoms with Crippen LogP contribution in [0.2, 0.25) is 0 Å². The minimum Gasteiger partial charge on any atom is -0.481 e. The Morgan fingerprint density at radius 2 is 1.72 bits per heavy atom. The molecule has 4 aliphatic rings. The molecule has 2 aromatic rings. The fourth-order valence-corrected chi connectivity index (χ4v) is 9.14. The number of para-hydroxylation sites is 2. The van der Waals surface area contributed by atoms with Gasteiger partial charge in [-0.2, -0.15) is 0 Å². The van der Waals surface area contributed by atoms with Crippen LogP contribution >= 0.6 is 0 Å². The lowest BCUT2D eigenvalue weighted by atomic mass is 9.64. The summed E-state index contributed by atoms with van der Waals surface area (Å²) < 4.78 is 1.97. The van der Waals surface area contributed by atoms with Crippen LogP contribution in [0.25, 0.3) is 11.0 Å². The first-order valence-electron chi connectivity index (χ1n) is 16.8. The number of aromatic nitrogens is 2. The summed E-state index contributed by atoms with van der Waals surface area (Å²) in [4.78, 5) is 39.0. The van der Waals surface area contributed by atoms with Gasteiger partial charge in [0.15, 0.2) is 5.69 Å². The minimum atomic E-state index is -0.951. The molecule has 1 aromatic heterocycles. The van der Waals surface area contributed by atoms with Crippen LogP contribution in [0.15, 0.2) is 34.2 Å². The predicted molar refractivity (Wildman–Crippen MR) is 168 cm³/mol. The Bertz CT molecular complexity index is 1350. The normalized spacial score (nSPS) is 31.2. The number of nitrogens with zero attached hydrogens (tertiary/aromatic N) is 4. The van der Waals surface area contributed by atoms with Crippen LogP contribution in [0, 0.1) is 17.8 Å². The van der Waals surface area contributed by atoms with Crippen molar-refractivity contribution in [3.8, 4) is 0 Å². The van der Waals surface area contributed by atoms with Gasteiger partial charge in [-0.25, -0.2) is 4.98 Å². The molecule has 3 unspecified atom stereocenters. The molecule has 2 aliphatic heterocycles. The fraction of sp³-hybridized carbons (Fsp3) is 0.706. The molecule has 2 saturated heterocycles. The number of hydrogen-bond acceptors (Lipinski definition) is 7. The lowest BCUT2D eigenvalue weighted by Gasteiger charge is -2.56. The van der Waals surface area contributed by atoms with Gasteiger partial charge in [0.2, 0.25) is 0 Å². The predicted octanol–water partition coefficient (Wildman–Crippen LogP) is 5.49. The number of oxime groups is 1. The Hall–Kier alpha value is -2.78. The highest BCUT2D eigenvalue weighted by Crippen LogP contribution is 2.49. The van der Waals surface area contributed by atoms with Crippen molar-refractivity contribution in [3.63, 3.8) is 0 Å². The van der Waals surface area contributed by atoms with Crippen molar-refractivity contribution in [2.75, 3.05) is 13.2 Å². The first-order chi connectivity index (χ1) is 20.9. The Kier molecular flexibility index (Phi) is 9.48. The molecule has 0 radical (unpaired) electrons. The number of carbonyl (C=O) groups is 1. The maximum atomic E-state index is 14.3. The molecule has 9 heteroatoms. The Balaban J connectivity index is 1.31. The van der Waals surface area contributed by atoms with Crippen molar-refractivity contribution in [2.24, 2.45) is 28.6 Å². The lowest BCUT2D eigenvalue weighted by molar-refractivity contribution is -0.136. The van der Waals surface area contributed by atoms with E-state index in [9.17, 15) is 14.7 Å². The van der Waals surface area contributed by atoms with Gasteiger partial charge in [-0.05, 0) is 101 Å². The second-order valence-corrected chi connectivity index (χ2v) is 13.7. The van der Waals surface area contributed by atoms with Crippen molar-refractivity contribution in [3.05, 3.63) is 40.3 Å². The van der Waals surface area contributed by atoms with Gasteiger partial charge in [0.05, 0.1) is 17.5 Å². The van der Waals surface area contributed by atoms with Crippen LogP contribution < -0.4 is 11.3 Å². The maximum absolute atomic E-state index is 14.3. The second kappa shape index (κ2) is 13.5. The molecular formula is C34H49N5O4. The van der Waals surface area contributed by atoms with Crippen molar-refractivity contribution in [2.45, 2.75) is 121 Å². The highest BCUT2D eigenvalue weighted by atomic mass is 16.6. The van der Waals surface area contributed by atoms with E-state index in [0.29, 0.717) is 43.4 Å². The SMILES string of the molecule is CC[C@@H]1CC2C[C@H](C1)C[C@@H](N1C3CCC[C@@H]1CC(n1c(=O)c(/C(CCC(=O)O)=N/OCCCN)nc4ccccc41)C3)C2. The van der Waals surface area contributed by atoms with Gasteiger partial charge in [-0.3, -0.25) is 14.5 Å². The molecule has 6 rings (SSSR count). The average molecular weight is 592 g/mol. The zero-order valence-corrected chi connectivity index (χ0v) is 25.7. The van der Waals surface area contributed by atoms with Crippen LogP contribution in [0.5, 0.6) is 0 Å². The van der Waals surface area contributed by atoms with E-state index in [1.807, 2.05) is 28.8 Å². The molecule has 1 aromatic carbocycles. The van der Waals surface area contributed by atoms with Crippen LogP contribution in [-0.4, -0.2) is 62.5 Å². The molecule has 0 spiro atoms. The number of carboxylic acid groups (broad SMARTS) is 1. The number of carboxylic acids is 1. The Morgan fingerprint density at radius 1 is 1.00 bits per heavy atom. The van der Waals surface area contributed by atoms with Gasteiger partial charge < -0.3 is 20.2 Å². The molecule has 234 valence electrons. The van der Waals surface area contributed by atoms with Crippen molar-refractivity contribution in [1.82, 2.24) is 14.5 Å². The van der Waals surface area contributed by atoms with Gasteiger partial charge in [-0.1, -0.05) is 37.1 Å². The number of fused-ring (bicyclic) bond motifs is 5. The summed E-state index contributed by atoms with van der Waals surface area (Å²) in [5, 5.41) is 13.6. The summed E-state index contributed by atoms with van der Waals surface area (Å²) in [5.74, 6) is 1.73. The summed E-state index contributed by atoms with van der Waals surface area (Å²) in [6, 6.07) is 9.55. The molecule has 9 nitrogen and oxygen atoms in total. The van der Waals surface area contributed by atoms with Gasteiger partial charge in [0, 0.05) is 30.6 Å². The monoisotopic (exact) mass is 591 g/mol. The summed E-state index contributed by atoms with van der Waals surface area (Å²) >= 11 is 0. The number of benzene rings is 1. The van der Waals surface area contributed by atoms with Gasteiger partial charge >= 0.3 is 5.97 Å². The lowest BCUT2D eigenvalue weighted by Crippen LogP contribution is -2.59. The summed E-state index contributed by atoms with van der Waals surface area (Å²) in [5.41, 5.74) is 7.46. The van der Waals surface area contributed by atoms with Gasteiger partial charge in [0.25, 0.3) is 5.56 Å². The van der Waals surface area contributed by atoms with Crippen molar-refractivity contribution >= 4 is 22.7 Å². The van der Waals surface area contributed by atoms with E-state index in [0.717, 1.165) is 41.6 Å². The summed E-state index contributed by atoms with van der Waals surface area (Å²) in [6.45, 7) is 3.13. The highest BCUT2D eigenvalue weighted by Gasteiger charge is 2.46. The van der Waals surface area contributed by atoms with Gasteiger partial charge in [0.1, 0.15) is 12.3 Å². The molecule has 2 aliphatic carbocycles. The Morgan fingerprint density at radius 3 is 2.40 bits per heavy atom. The summed E-state index contributed by atoms with van der Waals surface area (Å²) in [6.07, 6.45) is 14.4. The van der Waals surface area contributed by atoms with Crippen LogP contribution in [-0.2, 0) is 9.63 Å². The zero-order chi connectivity index (χ0) is 29.9. The number of hydrogen-bond donors (Lipinski definition) is 2. The third kappa shape index (κ3) is 6.53. The van der Waals surface area contributed by atoms with Crippen LogP contribution in [0.4, 0.5) is 0 Å². The molecule has 43 heavy (non-hydrogen) atoms.